The number of ether oxygens (including phenoxy) is 2. The molecule has 0 aliphatic heterocycles. The third-order valence-corrected chi connectivity index (χ3v) is 3.53. The average Bonchev–Trinajstić information content (AvgIpc) is 2.43. The Morgan fingerprint density at radius 3 is 2.67 bits per heavy atom. The lowest BCUT2D eigenvalue weighted by atomic mass is 10.2. The summed E-state index contributed by atoms with van der Waals surface area (Å²) in [7, 11) is 1.56. The van der Waals surface area contributed by atoms with Gasteiger partial charge < -0.3 is 25.0 Å². The summed E-state index contributed by atoms with van der Waals surface area (Å²) in [4.78, 5) is 0. The van der Waals surface area contributed by atoms with Gasteiger partial charge in [0.25, 0.3) is 0 Å². The number of aliphatic hydroxyl groups is 2. The third-order valence-electron chi connectivity index (χ3n) is 2.91. The first-order valence-corrected chi connectivity index (χ1v) is 7.77. The standard InChI is InChI=1S/C15H24BrNO4/c1-11-3-4-15(14(16)7-11)21-10-13(19)8-17-6-5-12(18)9-20-2/h3-4,7,12-13,17-19H,5-6,8-10H2,1-2H3. The summed E-state index contributed by atoms with van der Waals surface area (Å²) in [5.74, 6) is 0.718. The Hall–Kier alpha value is -0.660. The van der Waals surface area contributed by atoms with Crippen LogP contribution in [0, 0.1) is 6.92 Å². The number of rotatable bonds is 10. The van der Waals surface area contributed by atoms with Crippen LogP contribution in [0.15, 0.2) is 22.7 Å². The Bertz CT molecular complexity index is 417. The third kappa shape index (κ3) is 7.78. The summed E-state index contributed by atoms with van der Waals surface area (Å²) < 4.78 is 11.3. The van der Waals surface area contributed by atoms with Crippen LogP contribution in [0.2, 0.25) is 0 Å². The topological polar surface area (TPSA) is 71.0 Å². The summed E-state index contributed by atoms with van der Waals surface area (Å²) in [5.41, 5.74) is 1.14. The average molecular weight is 362 g/mol. The molecule has 120 valence electrons. The normalized spacial score (nSPS) is 14.0. The van der Waals surface area contributed by atoms with Gasteiger partial charge in [-0.15, -0.1) is 0 Å². The van der Waals surface area contributed by atoms with Crippen LogP contribution < -0.4 is 10.1 Å². The van der Waals surface area contributed by atoms with Crippen molar-refractivity contribution in [2.24, 2.45) is 0 Å². The first-order chi connectivity index (χ1) is 10.0. The minimum atomic E-state index is -0.599. The second kappa shape index (κ2) is 10.1. The number of aliphatic hydroxyl groups excluding tert-OH is 2. The molecular formula is C15H24BrNO4. The molecule has 2 unspecified atom stereocenters. The second-order valence-electron chi connectivity index (χ2n) is 5.00. The first-order valence-electron chi connectivity index (χ1n) is 6.97. The Labute approximate surface area is 134 Å². The van der Waals surface area contributed by atoms with Crippen molar-refractivity contribution in [2.75, 3.05) is 33.4 Å². The smallest absolute Gasteiger partial charge is 0.133 e. The number of halogens is 1. The van der Waals surface area contributed by atoms with Gasteiger partial charge >= 0.3 is 0 Å². The van der Waals surface area contributed by atoms with Gasteiger partial charge in [-0.1, -0.05) is 6.07 Å². The SMILES string of the molecule is COCC(O)CCNCC(O)COc1ccc(C)cc1Br. The molecule has 2 atom stereocenters. The van der Waals surface area contributed by atoms with Gasteiger partial charge in [-0.05, 0) is 53.5 Å². The maximum Gasteiger partial charge on any atom is 0.133 e. The fourth-order valence-electron chi connectivity index (χ4n) is 1.78. The van der Waals surface area contributed by atoms with Crippen LogP contribution in [-0.4, -0.2) is 55.8 Å². The summed E-state index contributed by atoms with van der Waals surface area (Å²) in [6.07, 6.45) is -0.484. The molecule has 0 radical (unpaired) electrons. The van der Waals surface area contributed by atoms with Crippen molar-refractivity contribution in [3.63, 3.8) is 0 Å². The lowest BCUT2D eigenvalue weighted by Crippen LogP contribution is -2.33. The van der Waals surface area contributed by atoms with E-state index in [4.69, 9.17) is 9.47 Å². The van der Waals surface area contributed by atoms with Gasteiger partial charge in [-0.3, -0.25) is 0 Å². The largest absolute Gasteiger partial charge is 0.490 e. The number of aryl methyl sites for hydroxylation is 1. The van der Waals surface area contributed by atoms with Gasteiger partial charge in [-0.2, -0.15) is 0 Å². The highest BCUT2D eigenvalue weighted by Crippen LogP contribution is 2.25. The van der Waals surface area contributed by atoms with Crippen LogP contribution >= 0.6 is 15.9 Å². The van der Waals surface area contributed by atoms with Gasteiger partial charge in [0.15, 0.2) is 0 Å². The van der Waals surface area contributed by atoms with Crippen LogP contribution in [0.1, 0.15) is 12.0 Å². The van der Waals surface area contributed by atoms with Crippen molar-refractivity contribution in [2.45, 2.75) is 25.6 Å². The lowest BCUT2D eigenvalue weighted by Gasteiger charge is -2.15. The quantitative estimate of drug-likeness (QED) is 0.550. The zero-order valence-corrected chi connectivity index (χ0v) is 14.1. The predicted octanol–water partition coefficient (Wildman–Crippen LogP) is 1.48. The molecule has 0 saturated carbocycles. The van der Waals surface area contributed by atoms with Gasteiger partial charge in [0.1, 0.15) is 18.5 Å². The zero-order valence-electron chi connectivity index (χ0n) is 12.5. The minimum absolute atomic E-state index is 0.218. The highest BCUT2D eigenvalue weighted by Gasteiger charge is 2.08. The fraction of sp³-hybridized carbons (Fsp3) is 0.600. The Morgan fingerprint density at radius 1 is 1.24 bits per heavy atom. The molecular weight excluding hydrogens is 338 g/mol. The Balaban J connectivity index is 2.17. The molecule has 0 fully saturated rings. The molecule has 0 saturated heterocycles. The summed E-state index contributed by atoms with van der Waals surface area (Å²) in [6.45, 7) is 3.59. The number of benzene rings is 1. The van der Waals surface area contributed by atoms with Crippen molar-refractivity contribution in [3.8, 4) is 5.75 Å². The molecule has 0 aliphatic carbocycles. The maximum atomic E-state index is 9.83. The van der Waals surface area contributed by atoms with Crippen LogP contribution in [0.5, 0.6) is 5.75 Å². The van der Waals surface area contributed by atoms with Crippen molar-refractivity contribution >= 4 is 15.9 Å². The van der Waals surface area contributed by atoms with E-state index in [1.54, 1.807) is 7.11 Å². The summed E-state index contributed by atoms with van der Waals surface area (Å²) >= 11 is 3.43. The van der Waals surface area contributed by atoms with Gasteiger partial charge in [-0.25, -0.2) is 0 Å². The van der Waals surface area contributed by atoms with Crippen molar-refractivity contribution in [1.82, 2.24) is 5.32 Å². The van der Waals surface area contributed by atoms with Gasteiger partial charge in [0, 0.05) is 13.7 Å². The molecule has 6 heteroatoms. The molecule has 0 spiro atoms. The summed E-state index contributed by atoms with van der Waals surface area (Å²) in [6, 6.07) is 5.81. The molecule has 0 aliphatic rings. The molecule has 5 nitrogen and oxygen atoms in total. The Morgan fingerprint density at radius 2 is 2.00 bits per heavy atom. The van der Waals surface area contributed by atoms with E-state index in [1.807, 2.05) is 25.1 Å². The second-order valence-corrected chi connectivity index (χ2v) is 5.86. The van der Waals surface area contributed by atoms with Gasteiger partial charge in [0.05, 0.1) is 17.2 Å². The van der Waals surface area contributed by atoms with Crippen molar-refractivity contribution in [3.05, 3.63) is 28.2 Å². The molecule has 1 aromatic rings. The van der Waals surface area contributed by atoms with Crippen LogP contribution in [0.4, 0.5) is 0 Å². The lowest BCUT2D eigenvalue weighted by molar-refractivity contribution is 0.0577. The van der Waals surface area contributed by atoms with Crippen LogP contribution in [-0.2, 0) is 4.74 Å². The summed E-state index contributed by atoms with van der Waals surface area (Å²) in [5, 5.41) is 22.4. The van der Waals surface area contributed by atoms with E-state index in [1.165, 1.54) is 0 Å². The van der Waals surface area contributed by atoms with E-state index in [2.05, 4.69) is 21.2 Å². The van der Waals surface area contributed by atoms with Crippen molar-refractivity contribution < 1.29 is 19.7 Å². The van der Waals surface area contributed by atoms with E-state index in [0.29, 0.717) is 26.1 Å². The van der Waals surface area contributed by atoms with Crippen LogP contribution in [0.3, 0.4) is 0 Å². The number of hydrogen-bond acceptors (Lipinski definition) is 5. The fourth-order valence-corrected chi connectivity index (χ4v) is 2.39. The monoisotopic (exact) mass is 361 g/mol. The van der Waals surface area contributed by atoms with E-state index in [9.17, 15) is 10.2 Å². The molecule has 1 rings (SSSR count). The number of nitrogens with one attached hydrogen (secondary N) is 1. The molecule has 0 heterocycles. The first kappa shape index (κ1) is 18.4. The van der Waals surface area contributed by atoms with E-state index in [0.717, 1.165) is 15.8 Å². The highest BCUT2D eigenvalue weighted by molar-refractivity contribution is 9.10. The predicted molar refractivity (Wildman–Crippen MR) is 85.8 cm³/mol. The minimum Gasteiger partial charge on any atom is -0.490 e. The van der Waals surface area contributed by atoms with Gasteiger partial charge in [0.2, 0.25) is 0 Å². The van der Waals surface area contributed by atoms with Crippen LogP contribution in [0.25, 0.3) is 0 Å². The molecule has 0 bridgehead atoms. The molecule has 1 aromatic carbocycles. The van der Waals surface area contributed by atoms with Crippen molar-refractivity contribution in [1.29, 1.82) is 0 Å². The number of methoxy groups -OCH3 is 1. The molecule has 21 heavy (non-hydrogen) atoms. The maximum absolute atomic E-state index is 9.83. The number of hydrogen-bond donors (Lipinski definition) is 3. The molecule has 0 amide bonds. The highest BCUT2D eigenvalue weighted by atomic mass is 79.9. The van der Waals surface area contributed by atoms with E-state index in [-0.39, 0.29) is 6.61 Å². The Kier molecular flexibility index (Phi) is 8.87. The molecule has 3 N–H and O–H groups in total. The van der Waals surface area contributed by atoms with E-state index >= 15 is 0 Å². The molecule has 0 aromatic heterocycles. The van der Waals surface area contributed by atoms with E-state index < -0.39 is 12.2 Å². The zero-order chi connectivity index (χ0) is 15.7.